The number of nitrogens with two attached hydrogens (primary N) is 1. The first-order chi connectivity index (χ1) is 6.31. The van der Waals surface area contributed by atoms with Crippen LogP contribution in [0.15, 0.2) is 18.2 Å². The van der Waals surface area contributed by atoms with Crippen LogP contribution in [0.5, 0.6) is 11.5 Å². The number of hydrogen-bond donors (Lipinski definition) is 1. The molecule has 2 N–H and O–H groups in total. The Morgan fingerprint density at radius 3 is 3.00 bits per heavy atom. The third kappa shape index (κ3) is 1.94. The maximum absolute atomic E-state index is 5.79. The van der Waals surface area contributed by atoms with Crippen molar-refractivity contribution in [3.8, 4) is 11.5 Å². The lowest BCUT2D eigenvalue weighted by Gasteiger charge is -2.23. The van der Waals surface area contributed by atoms with Gasteiger partial charge in [0.1, 0.15) is 18.1 Å². The van der Waals surface area contributed by atoms with Gasteiger partial charge in [-0.1, -0.05) is 6.07 Å². The molecule has 0 spiro atoms. The molecule has 0 saturated carbocycles. The highest BCUT2D eigenvalue weighted by atomic mass is 35.5. The van der Waals surface area contributed by atoms with Crippen LogP contribution in [0.4, 0.5) is 0 Å². The van der Waals surface area contributed by atoms with E-state index in [2.05, 4.69) is 0 Å². The summed E-state index contributed by atoms with van der Waals surface area (Å²) in [7, 11) is 1.66. The number of fused-ring (bicyclic) bond motifs is 1. The molecule has 0 bridgehead atoms. The van der Waals surface area contributed by atoms with Crippen molar-refractivity contribution in [2.45, 2.75) is 12.5 Å². The monoisotopic (exact) mass is 215 g/mol. The molecule has 1 unspecified atom stereocenters. The quantitative estimate of drug-likeness (QED) is 0.770. The summed E-state index contributed by atoms with van der Waals surface area (Å²) in [5, 5.41) is 0. The Kier molecular flexibility index (Phi) is 3.61. The predicted molar refractivity (Wildman–Crippen MR) is 57.4 cm³/mol. The number of halogens is 1. The lowest BCUT2D eigenvalue weighted by molar-refractivity contribution is 0.258. The molecule has 1 heterocycles. The molecule has 4 heteroatoms. The summed E-state index contributed by atoms with van der Waals surface area (Å²) < 4.78 is 10.7. The Balaban J connectivity index is 0.000000980. The lowest BCUT2D eigenvalue weighted by Crippen LogP contribution is -2.33. The summed E-state index contributed by atoms with van der Waals surface area (Å²) in [6, 6.07) is 5.89. The van der Waals surface area contributed by atoms with Crippen molar-refractivity contribution in [3.63, 3.8) is 0 Å². The molecule has 1 aromatic rings. The third-order valence-electron chi connectivity index (χ3n) is 2.23. The van der Waals surface area contributed by atoms with Crippen molar-refractivity contribution >= 4 is 12.4 Å². The van der Waals surface area contributed by atoms with E-state index in [1.165, 1.54) is 0 Å². The Labute approximate surface area is 89.6 Å². The molecular weight excluding hydrogens is 202 g/mol. The Morgan fingerprint density at radius 1 is 1.50 bits per heavy atom. The van der Waals surface area contributed by atoms with Crippen molar-refractivity contribution in [1.29, 1.82) is 0 Å². The van der Waals surface area contributed by atoms with Gasteiger partial charge in [0.25, 0.3) is 0 Å². The van der Waals surface area contributed by atoms with E-state index in [4.69, 9.17) is 15.2 Å². The minimum Gasteiger partial charge on any atom is -0.496 e. The van der Waals surface area contributed by atoms with Crippen molar-refractivity contribution < 1.29 is 9.47 Å². The van der Waals surface area contributed by atoms with Crippen LogP contribution in [0, 0.1) is 0 Å². The molecule has 14 heavy (non-hydrogen) atoms. The summed E-state index contributed by atoms with van der Waals surface area (Å²) in [5.74, 6) is 1.77. The fourth-order valence-electron chi connectivity index (χ4n) is 1.59. The van der Waals surface area contributed by atoms with Gasteiger partial charge in [-0.25, -0.2) is 0 Å². The van der Waals surface area contributed by atoms with Crippen molar-refractivity contribution in [3.05, 3.63) is 23.8 Å². The molecule has 78 valence electrons. The Morgan fingerprint density at radius 2 is 2.29 bits per heavy atom. The fourth-order valence-corrected chi connectivity index (χ4v) is 1.59. The normalized spacial score (nSPS) is 18.9. The second-order valence-electron chi connectivity index (χ2n) is 3.21. The Bertz CT molecular complexity index is 303. The molecule has 0 fully saturated rings. The van der Waals surface area contributed by atoms with Gasteiger partial charge in [-0.2, -0.15) is 0 Å². The van der Waals surface area contributed by atoms with Crippen LogP contribution in [0.1, 0.15) is 5.56 Å². The first kappa shape index (κ1) is 11.1. The van der Waals surface area contributed by atoms with Gasteiger partial charge in [0.15, 0.2) is 0 Å². The topological polar surface area (TPSA) is 44.5 Å². The fraction of sp³-hybridized carbons (Fsp3) is 0.400. The average Bonchev–Trinajstić information content (AvgIpc) is 2.17. The SMILES string of the molecule is COc1cccc2c1CC(N)CO2.Cl. The van der Waals surface area contributed by atoms with Gasteiger partial charge in [-0.15, -0.1) is 12.4 Å². The van der Waals surface area contributed by atoms with Crippen molar-refractivity contribution in [2.75, 3.05) is 13.7 Å². The summed E-state index contributed by atoms with van der Waals surface area (Å²) in [6.45, 7) is 0.597. The van der Waals surface area contributed by atoms with Crippen LogP contribution in [0.25, 0.3) is 0 Å². The minimum atomic E-state index is 0. The van der Waals surface area contributed by atoms with Crippen molar-refractivity contribution in [1.82, 2.24) is 0 Å². The van der Waals surface area contributed by atoms with Gasteiger partial charge in [0, 0.05) is 11.6 Å². The van der Waals surface area contributed by atoms with E-state index in [1.54, 1.807) is 7.11 Å². The molecule has 1 atom stereocenters. The van der Waals surface area contributed by atoms with E-state index >= 15 is 0 Å². The third-order valence-corrected chi connectivity index (χ3v) is 2.23. The highest BCUT2D eigenvalue weighted by Crippen LogP contribution is 2.31. The predicted octanol–water partition coefficient (Wildman–Crippen LogP) is 1.38. The van der Waals surface area contributed by atoms with E-state index < -0.39 is 0 Å². The van der Waals surface area contributed by atoms with E-state index in [9.17, 15) is 0 Å². The van der Waals surface area contributed by atoms with Gasteiger partial charge >= 0.3 is 0 Å². The van der Waals surface area contributed by atoms with Crippen LogP contribution in [-0.4, -0.2) is 19.8 Å². The summed E-state index contributed by atoms with van der Waals surface area (Å²) in [6.07, 6.45) is 0.833. The van der Waals surface area contributed by atoms with Crippen LogP contribution in [-0.2, 0) is 6.42 Å². The van der Waals surface area contributed by atoms with E-state index in [1.807, 2.05) is 18.2 Å². The van der Waals surface area contributed by atoms with Crippen molar-refractivity contribution in [2.24, 2.45) is 5.73 Å². The van der Waals surface area contributed by atoms with Gasteiger partial charge in [-0.05, 0) is 18.6 Å². The largest absolute Gasteiger partial charge is 0.496 e. The van der Waals surface area contributed by atoms with E-state index in [-0.39, 0.29) is 18.4 Å². The zero-order valence-corrected chi connectivity index (χ0v) is 8.84. The molecule has 1 aliphatic rings. The molecular formula is C10H14ClNO2. The van der Waals surface area contributed by atoms with Crippen LogP contribution < -0.4 is 15.2 Å². The average molecular weight is 216 g/mol. The summed E-state index contributed by atoms with van der Waals surface area (Å²) in [4.78, 5) is 0. The number of methoxy groups -OCH3 is 1. The summed E-state index contributed by atoms with van der Waals surface area (Å²) >= 11 is 0. The molecule has 0 amide bonds. The minimum absolute atomic E-state index is 0. The number of rotatable bonds is 1. The smallest absolute Gasteiger partial charge is 0.126 e. The Hall–Kier alpha value is -0.930. The zero-order valence-electron chi connectivity index (χ0n) is 8.03. The maximum Gasteiger partial charge on any atom is 0.126 e. The number of hydrogen-bond acceptors (Lipinski definition) is 3. The molecule has 0 radical (unpaired) electrons. The van der Waals surface area contributed by atoms with Gasteiger partial charge < -0.3 is 15.2 Å². The van der Waals surface area contributed by atoms with Crippen LogP contribution >= 0.6 is 12.4 Å². The van der Waals surface area contributed by atoms with E-state index in [0.29, 0.717) is 6.61 Å². The standard InChI is InChI=1S/C10H13NO2.ClH/c1-12-9-3-2-4-10-8(9)5-7(11)6-13-10;/h2-4,7H,5-6,11H2,1H3;1H. The first-order valence-electron chi connectivity index (χ1n) is 4.35. The molecule has 2 rings (SSSR count). The zero-order chi connectivity index (χ0) is 9.26. The molecule has 0 saturated heterocycles. The van der Waals surface area contributed by atoms with Crippen LogP contribution in [0.2, 0.25) is 0 Å². The molecule has 0 aromatic heterocycles. The first-order valence-corrected chi connectivity index (χ1v) is 4.35. The van der Waals surface area contributed by atoms with Gasteiger partial charge in [0.2, 0.25) is 0 Å². The molecule has 1 aromatic carbocycles. The second kappa shape index (κ2) is 4.53. The molecule has 1 aliphatic heterocycles. The van der Waals surface area contributed by atoms with Gasteiger partial charge in [-0.3, -0.25) is 0 Å². The van der Waals surface area contributed by atoms with Gasteiger partial charge in [0.05, 0.1) is 7.11 Å². The number of benzene rings is 1. The number of ether oxygens (including phenoxy) is 2. The lowest BCUT2D eigenvalue weighted by atomic mass is 10.0. The maximum atomic E-state index is 5.79. The highest BCUT2D eigenvalue weighted by molar-refractivity contribution is 5.85. The highest BCUT2D eigenvalue weighted by Gasteiger charge is 2.19. The second-order valence-corrected chi connectivity index (χ2v) is 3.21. The van der Waals surface area contributed by atoms with E-state index in [0.717, 1.165) is 23.5 Å². The van der Waals surface area contributed by atoms with Crippen LogP contribution in [0.3, 0.4) is 0 Å². The molecule has 3 nitrogen and oxygen atoms in total. The summed E-state index contributed by atoms with van der Waals surface area (Å²) in [5.41, 5.74) is 6.88. The molecule has 0 aliphatic carbocycles.